The summed E-state index contributed by atoms with van der Waals surface area (Å²) < 4.78 is 11.0. The topological polar surface area (TPSA) is 84.9 Å². The second-order valence-electron chi connectivity index (χ2n) is 6.32. The molecule has 0 bridgehead atoms. The van der Waals surface area contributed by atoms with Crippen molar-refractivity contribution in [3.63, 3.8) is 0 Å². The second kappa shape index (κ2) is 7.11. The Morgan fingerprint density at radius 2 is 1.63 bits per heavy atom. The lowest BCUT2D eigenvalue weighted by Crippen LogP contribution is -2.40. The normalized spacial score (nSPS) is 14.9. The predicted molar refractivity (Wildman–Crippen MR) is 96.0 cm³/mol. The molecule has 2 aliphatic rings. The van der Waals surface area contributed by atoms with Gasteiger partial charge in [0.05, 0.1) is 11.1 Å². The minimum Gasteiger partial charge on any atom is -0.486 e. The fraction of sp³-hybridized carbons (Fsp3) is 0.250. The minimum absolute atomic E-state index is 0.284. The summed E-state index contributed by atoms with van der Waals surface area (Å²) in [5.41, 5.74) is 1.68. The van der Waals surface area contributed by atoms with E-state index in [2.05, 4.69) is 5.32 Å². The van der Waals surface area contributed by atoms with Crippen molar-refractivity contribution in [1.29, 1.82) is 0 Å². The fourth-order valence-corrected chi connectivity index (χ4v) is 3.17. The zero-order chi connectivity index (χ0) is 18.8. The van der Waals surface area contributed by atoms with Gasteiger partial charge in [-0.3, -0.25) is 19.3 Å². The van der Waals surface area contributed by atoms with E-state index in [4.69, 9.17) is 9.47 Å². The molecule has 0 saturated carbocycles. The molecule has 0 saturated heterocycles. The van der Waals surface area contributed by atoms with Crippen molar-refractivity contribution >= 4 is 17.7 Å². The van der Waals surface area contributed by atoms with Gasteiger partial charge in [0.15, 0.2) is 11.5 Å². The summed E-state index contributed by atoms with van der Waals surface area (Å²) in [7, 11) is 0. The Hall–Kier alpha value is -3.35. The summed E-state index contributed by atoms with van der Waals surface area (Å²) in [5, 5.41) is 2.75. The van der Waals surface area contributed by atoms with E-state index < -0.39 is 11.8 Å². The highest BCUT2D eigenvalue weighted by molar-refractivity contribution is 6.22. The van der Waals surface area contributed by atoms with Crippen molar-refractivity contribution in [3.05, 3.63) is 59.2 Å². The van der Waals surface area contributed by atoms with Gasteiger partial charge in [-0.05, 0) is 36.2 Å². The van der Waals surface area contributed by atoms with Crippen LogP contribution in [0.15, 0.2) is 42.5 Å². The van der Waals surface area contributed by atoms with Crippen molar-refractivity contribution in [2.24, 2.45) is 0 Å². The molecule has 2 aliphatic heterocycles. The lowest BCUT2D eigenvalue weighted by atomic mass is 10.1. The van der Waals surface area contributed by atoms with Gasteiger partial charge >= 0.3 is 0 Å². The molecule has 0 unspecified atom stereocenters. The van der Waals surface area contributed by atoms with Gasteiger partial charge in [0, 0.05) is 6.54 Å². The van der Waals surface area contributed by atoms with Crippen molar-refractivity contribution in [1.82, 2.24) is 10.2 Å². The van der Waals surface area contributed by atoms with Gasteiger partial charge in [-0.2, -0.15) is 0 Å². The van der Waals surface area contributed by atoms with Crippen LogP contribution >= 0.6 is 0 Å². The van der Waals surface area contributed by atoms with Crippen molar-refractivity contribution in [2.45, 2.75) is 6.42 Å². The third-order valence-electron chi connectivity index (χ3n) is 4.52. The summed E-state index contributed by atoms with van der Waals surface area (Å²) in [4.78, 5) is 37.7. The van der Waals surface area contributed by atoms with Gasteiger partial charge < -0.3 is 14.8 Å². The quantitative estimate of drug-likeness (QED) is 0.809. The SMILES string of the molecule is O=C(CN1C(=O)c2ccccc2C1=O)NCCc1ccc2c(c1)OCCO2. The Balaban J connectivity index is 1.31. The third kappa shape index (κ3) is 3.36. The van der Waals surface area contributed by atoms with Gasteiger partial charge in [0.25, 0.3) is 11.8 Å². The average molecular weight is 366 g/mol. The Bertz CT molecular complexity index is 889. The van der Waals surface area contributed by atoms with Gasteiger partial charge in [-0.25, -0.2) is 0 Å². The molecule has 0 spiro atoms. The van der Waals surface area contributed by atoms with Crippen LogP contribution in [-0.2, 0) is 11.2 Å². The maximum absolute atomic E-state index is 12.3. The molecule has 7 nitrogen and oxygen atoms in total. The van der Waals surface area contributed by atoms with E-state index in [1.54, 1.807) is 24.3 Å². The lowest BCUT2D eigenvalue weighted by Gasteiger charge is -2.19. The third-order valence-corrected chi connectivity index (χ3v) is 4.52. The van der Waals surface area contributed by atoms with Crippen LogP contribution in [0.1, 0.15) is 26.3 Å². The number of carbonyl (C=O) groups is 3. The number of nitrogens with zero attached hydrogens (tertiary/aromatic N) is 1. The average Bonchev–Trinajstić information content (AvgIpc) is 2.93. The number of nitrogens with one attached hydrogen (secondary N) is 1. The molecule has 4 rings (SSSR count). The number of imide groups is 1. The van der Waals surface area contributed by atoms with E-state index in [9.17, 15) is 14.4 Å². The Kier molecular flexibility index (Phi) is 4.50. The van der Waals surface area contributed by atoms with Gasteiger partial charge in [0.1, 0.15) is 19.8 Å². The second-order valence-corrected chi connectivity index (χ2v) is 6.32. The maximum atomic E-state index is 12.3. The molecule has 0 fully saturated rings. The number of benzene rings is 2. The summed E-state index contributed by atoms with van der Waals surface area (Å²) in [6.07, 6.45) is 0.602. The summed E-state index contributed by atoms with van der Waals surface area (Å²) in [6, 6.07) is 12.2. The predicted octanol–water partition coefficient (Wildman–Crippen LogP) is 1.41. The number of ether oxygens (including phenoxy) is 2. The first-order chi connectivity index (χ1) is 13.1. The van der Waals surface area contributed by atoms with Gasteiger partial charge in [-0.15, -0.1) is 0 Å². The molecular weight excluding hydrogens is 348 g/mol. The highest BCUT2D eigenvalue weighted by Crippen LogP contribution is 2.30. The number of hydrogen-bond acceptors (Lipinski definition) is 5. The highest BCUT2D eigenvalue weighted by atomic mass is 16.6. The Labute approximate surface area is 155 Å². The van der Waals surface area contributed by atoms with Crippen LogP contribution < -0.4 is 14.8 Å². The molecule has 0 aromatic heterocycles. The van der Waals surface area contributed by atoms with E-state index in [-0.39, 0.29) is 12.5 Å². The van der Waals surface area contributed by atoms with E-state index in [0.717, 1.165) is 16.2 Å². The van der Waals surface area contributed by atoms with Gasteiger partial charge in [0.2, 0.25) is 5.91 Å². The maximum Gasteiger partial charge on any atom is 0.262 e. The molecule has 138 valence electrons. The first-order valence-electron chi connectivity index (χ1n) is 8.74. The standard InChI is InChI=1S/C20H18N2O5/c23-18(12-22-19(24)14-3-1-2-4-15(14)20(22)25)21-8-7-13-5-6-16-17(11-13)27-10-9-26-16/h1-6,11H,7-10,12H2,(H,21,23). The minimum atomic E-state index is -0.433. The van der Waals surface area contributed by atoms with E-state index in [1.807, 2.05) is 18.2 Å². The van der Waals surface area contributed by atoms with Crippen molar-refractivity contribution in [2.75, 3.05) is 26.3 Å². The smallest absolute Gasteiger partial charge is 0.262 e. The van der Waals surface area contributed by atoms with Crippen LogP contribution in [0.25, 0.3) is 0 Å². The molecule has 0 radical (unpaired) electrons. The molecule has 3 amide bonds. The monoisotopic (exact) mass is 366 g/mol. The first kappa shape index (κ1) is 17.1. The molecule has 1 N–H and O–H groups in total. The van der Waals surface area contributed by atoms with Crippen molar-refractivity contribution in [3.8, 4) is 11.5 Å². The largest absolute Gasteiger partial charge is 0.486 e. The van der Waals surface area contributed by atoms with Crippen LogP contribution in [0.4, 0.5) is 0 Å². The van der Waals surface area contributed by atoms with Crippen LogP contribution in [0.2, 0.25) is 0 Å². The molecule has 2 aromatic rings. The number of amides is 3. The Morgan fingerprint density at radius 1 is 0.963 bits per heavy atom. The molecule has 27 heavy (non-hydrogen) atoms. The Morgan fingerprint density at radius 3 is 2.33 bits per heavy atom. The fourth-order valence-electron chi connectivity index (χ4n) is 3.17. The zero-order valence-electron chi connectivity index (χ0n) is 14.6. The van der Waals surface area contributed by atoms with E-state index >= 15 is 0 Å². The summed E-state index contributed by atoms with van der Waals surface area (Å²) in [6.45, 7) is 1.17. The van der Waals surface area contributed by atoms with Crippen LogP contribution in [0, 0.1) is 0 Å². The van der Waals surface area contributed by atoms with Crippen LogP contribution in [-0.4, -0.2) is 48.9 Å². The molecule has 2 heterocycles. The number of rotatable bonds is 5. The number of carbonyl (C=O) groups excluding carboxylic acids is 3. The van der Waals surface area contributed by atoms with Crippen LogP contribution in [0.5, 0.6) is 11.5 Å². The van der Waals surface area contributed by atoms with Crippen molar-refractivity contribution < 1.29 is 23.9 Å². The van der Waals surface area contributed by atoms with E-state index in [0.29, 0.717) is 43.1 Å². The lowest BCUT2D eigenvalue weighted by molar-refractivity contribution is -0.121. The molecule has 0 aliphatic carbocycles. The number of hydrogen-bond donors (Lipinski definition) is 1. The molecular formula is C20H18N2O5. The highest BCUT2D eigenvalue weighted by Gasteiger charge is 2.36. The zero-order valence-corrected chi connectivity index (χ0v) is 14.6. The van der Waals surface area contributed by atoms with Crippen LogP contribution in [0.3, 0.4) is 0 Å². The first-order valence-corrected chi connectivity index (χ1v) is 8.74. The summed E-state index contributed by atoms with van der Waals surface area (Å²) in [5.74, 6) is 0.188. The summed E-state index contributed by atoms with van der Waals surface area (Å²) >= 11 is 0. The van der Waals surface area contributed by atoms with E-state index in [1.165, 1.54) is 0 Å². The molecule has 7 heteroatoms. The molecule has 2 aromatic carbocycles. The number of fused-ring (bicyclic) bond motifs is 2. The van der Waals surface area contributed by atoms with Gasteiger partial charge in [-0.1, -0.05) is 18.2 Å². The molecule has 0 atom stereocenters.